The zero-order valence-corrected chi connectivity index (χ0v) is 13.4. The van der Waals surface area contributed by atoms with E-state index in [0.717, 1.165) is 22.0 Å². The molecule has 2 N–H and O–H groups in total. The van der Waals surface area contributed by atoms with Crippen molar-refractivity contribution < 1.29 is 14.6 Å². The predicted molar refractivity (Wildman–Crippen MR) is 90.1 cm³/mol. The summed E-state index contributed by atoms with van der Waals surface area (Å²) in [5.74, 6) is -0.582. The smallest absolute Gasteiger partial charge is 0.343 e. The molecule has 0 aliphatic heterocycles. The van der Waals surface area contributed by atoms with Crippen molar-refractivity contribution in [3.63, 3.8) is 0 Å². The maximum absolute atomic E-state index is 11.7. The minimum absolute atomic E-state index is 0.378. The van der Waals surface area contributed by atoms with Crippen LogP contribution in [0.2, 0.25) is 0 Å². The first kappa shape index (κ1) is 16.2. The summed E-state index contributed by atoms with van der Waals surface area (Å²) in [6.07, 6.45) is 6.00. The highest BCUT2D eigenvalue weighted by atomic mass is 17.2. The van der Waals surface area contributed by atoms with Crippen molar-refractivity contribution in [2.45, 2.75) is 19.0 Å². The number of hydrogen-bond donors (Lipinski definition) is 1. The highest BCUT2D eigenvalue weighted by molar-refractivity contribution is 5.85. The van der Waals surface area contributed by atoms with Gasteiger partial charge in [-0.15, -0.1) is 0 Å². The molecule has 124 valence electrons. The summed E-state index contributed by atoms with van der Waals surface area (Å²) in [6, 6.07) is 11.2. The molecule has 0 unspecified atom stereocenters. The summed E-state index contributed by atoms with van der Waals surface area (Å²) < 4.78 is 2.13. The minimum Gasteiger partial charge on any atom is -0.343 e. The molecule has 0 bridgehead atoms. The highest BCUT2D eigenvalue weighted by Gasteiger charge is 2.19. The molecule has 0 saturated carbocycles. The van der Waals surface area contributed by atoms with E-state index in [1.807, 2.05) is 48.8 Å². The molecule has 0 fully saturated rings. The van der Waals surface area contributed by atoms with Crippen LogP contribution in [0.5, 0.6) is 0 Å². The first-order valence-corrected chi connectivity index (χ1v) is 7.65. The number of rotatable bonds is 6. The van der Waals surface area contributed by atoms with Crippen molar-refractivity contribution in [1.29, 1.82) is 0 Å². The molecule has 0 saturated heterocycles. The third kappa shape index (κ3) is 3.45. The van der Waals surface area contributed by atoms with Crippen molar-refractivity contribution >= 4 is 16.9 Å². The lowest BCUT2D eigenvalue weighted by Gasteiger charge is -2.08. The fourth-order valence-electron chi connectivity index (χ4n) is 2.77. The predicted octanol–water partition coefficient (Wildman–Crippen LogP) is 2.06. The molecule has 6 heteroatoms. The number of nitrogens with two attached hydrogens (primary N) is 1. The van der Waals surface area contributed by atoms with Crippen LogP contribution in [-0.4, -0.2) is 28.7 Å². The number of pyridine rings is 1. The Hall–Kier alpha value is -2.70. The fraction of sp³-hybridized carbons (Fsp3) is 0.222. The molecule has 0 radical (unpaired) electrons. The summed E-state index contributed by atoms with van der Waals surface area (Å²) in [4.78, 5) is 24.7. The SMILES string of the molecule is COOC(=O)[C@@H](N)Cc1cn(Cc2cccnc2)c2ccccc12. The Kier molecular flexibility index (Phi) is 4.88. The monoisotopic (exact) mass is 325 g/mol. The average molecular weight is 325 g/mol. The number of aromatic nitrogens is 2. The Morgan fingerprint density at radius 3 is 2.88 bits per heavy atom. The van der Waals surface area contributed by atoms with Gasteiger partial charge in [-0.25, -0.2) is 4.79 Å². The largest absolute Gasteiger partial charge is 0.359 e. The van der Waals surface area contributed by atoms with E-state index in [-0.39, 0.29) is 0 Å². The molecule has 1 atom stereocenters. The van der Waals surface area contributed by atoms with E-state index in [1.165, 1.54) is 7.11 Å². The van der Waals surface area contributed by atoms with Crippen LogP contribution in [0.3, 0.4) is 0 Å². The second-order valence-electron chi connectivity index (χ2n) is 5.54. The van der Waals surface area contributed by atoms with Crippen LogP contribution in [0.4, 0.5) is 0 Å². The van der Waals surface area contributed by atoms with Gasteiger partial charge >= 0.3 is 5.97 Å². The molecule has 24 heavy (non-hydrogen) atoms. The molecule has 2 aromatic heterocycles. The molecule has 0 aliphatic rings. The highest BCUT2D eigenvalue weighted by Crippen LogP contribution is 2.23. The molecule has 0 amide bonds. The number of nitrogens with zero attached hydrogens (tertiary/aromatic N) is 2. The number of para-hydroxylation sites is 1. The third-order valence-corrected chi connectivity index (χ3v) is 3.85. The van der Waals surface area contributed by atoms with Gasteiger partial charge in [-0.05, 0) is 23.3 Å². The van der Waals surface area contributed by atoms with Gasteiger partial charge in [-0.2, -0.15) is 4.89 Å². The van der Waals surface area contributed by atoms with Gasteiger partial charge in [0.15, 0.2) is 0 Å². The van der Waals surface area contributed by atoms with Crippen molar-refractivity contribution in [2.24, 2.45) is 5.73 Å². The van der Waals surface area contributed by atoms with Gasteiger partial charge in [-0.1, -0.05) is 24.3 Å². The van der Waals surface area contributed by atoms with Crippen LogP contribution in [-0.2, 0) is 27.5 Å². The Labute approximate surface area is 139 Å². The standard InChI is InChI=1S/C18H19N3O3/c1-23-24-18(22)16(19)9-14-12-21(11-13-5-4-8-20-10-13)17-7-3-2-6-15(14)17/h2-8,10,12,16H,9,11,19H2,1H3/t16-/m0/s1. The molecule has 2 heterocycles. The molecule has 3 rings (SSSR count). The number of carbonyl (C=O) groups is 1. The molecule has 3 aromatic rings. The minimum atomic E-state index is -0.775. The van der Waals surface area contributed by atoms with Crippen molar-refractivity contribution in [3.8, 4) is 0 Å². The summed E-state index contributed by atoms with van der Waals surface area (Å²) in [5.41, 5.74) is 9.10. The maximum Gasteiger partial charge on any atom is 0.359 e. The number of carbonyl (C=O) groups excluding carboxylic acids is 1. The summed E-state index contributed by atoms with van der Waals surface area (Å²) in [5, 5.41) is 1.07. The van der Waals surface area contributed by atoms with Gasteiger partial charge in [0.1, 0.15) is 6.04 Å². The van der Waals surface area contributed by atoms with Gasteiger partial charge in [0.2, 0.25) is 0 Å². The quantitative estimate of drug-likeness (QED) is 0.554. The van der Waals surface area contributed by atoms with Gasteiger partial charge < -0.3 is 10.3 Å². The molecule has 0 aliphatic carbocycles. The third-order valence-electron chi connectivity index (χ3n) is 3.85. The average Bonchev–Trinajstić information content (AvgIpc) is 2.94. The summed E-state index contributed by atoms with van der Waals surface area (Å²) in [7, 11) is 1.28. The molecule has 0 spiro atoms. The lowest BCUT2D eigenvalue weighted by Crippen LogP contribution is -2.34. The normalized spacial score (nSPS) is 12.2. The van der Waals surface area contributed by atoms with Crippen LogP contribution in [0.1, 0.15) is 11.1 Å². The van der Waals surface area contributed by atoms with Gasteiger partial charge in [0.25, 0.3) is 0 Å². The van der Waals surface area contributed by atoms with E-state index in [2.05, 4.69) is 19.3 Å². The Morgan fingerprint density at radius 1 is 1.29 bits per heavy atom. The second-order valence-corrected chi connectivity index (χ2v) is 5.54. The first-order valence-electron chi connectivity index (χ1n) is 7.65. The van der Waals surface area contributed by atoms with E-state index >= 15 is 0 Å². The zero-order chi connectivity index (χ0) is 16.9. The van der Waals surface area contributed by atoms with Crippen LogP contribution in [0.25, 0.3) is 10.9 Å². The Balaban J connectivity index is 1.90. The van der Waals surface area contributed by atoms with E-state index < -0.39 is 12.0 Å². The van der Waals surface area contributed by atoms with E-state index in [1.54, 1.807) is 6.20 Å². The fourth-order valence-corrected chi connectivity index (χ4v) is 2.77. The molecule has 6 nitrogen and oxygen atoms in total. The second kappa shape index (κ2) is 7.25. The summed E-state index contributed by atoms with van der Waals surface area (Å²) in [6.45, 7) is 0.701. The van der Waals surface area contributed by atoms with E-state index in [0.29, 0.717) is 13.0 Å². The van der Waals surface area contributed by atoms with Crippen LogP contribution < -0.4 is 5.73 Å². The Bertz CT molecular complexity index is 830. The Morgan fingerprint density at radius 2 is 2.12 bits per heavy atom. The number of benzene rings is 1. The van der Waals surface area contributed by atoms with Gasteiger partial charge in [0, 0.05) is 42.5 Å². The molecule has 1 aromatic carbocycles. The van der Waals surface area contributed by atoms with E-state index in [4.69, 9.17) is 5.73 Å². The summed E-state index contributed by atoms with van der Waals surface area (Å²) >= 11 is 0. The van der Waals surface area contributed by atoms with E-state index in [9.17, 15) is 4.79 Å². The maximum atomic E-state index is 11.7. The van der Waals surface area contributed by atoms with Crippen molar-refractivity contribution in [3.05, 3.63) is 66.1 Å². The van der Waals surface area contributed by atoms with Crippen molar-refractivity contribution in [1.82, 2.24) is 9.55 Å². The topological polar surface area (TPSA) is 79.4 Å². The van der Waals surface area contributed by atoms with Gasteiger partial charge in [-0.3, -0.25) is 9.87 Å². The lowest BCUT2D eigenvalue weighted by atomic mass is 10.1. The lowest BCUT2D eigenvalue weighted by molar-refractivity contribution is -0.256. The van der Waals surface area contributed by atoms with Crippen LogP contribution in [0, 0.1) is 0 Å². The van der Waals surface area contributed by atoms with Crippen molar-refractivity contribution in [2.75, 3.05) is 7.11 Å². The zero-order valence-electron chi connectivity index (χ0n) is 13.4. The molecular formula is C18H19N3O3. The molecular weight excluding hydrogens is 306 g/mol. The first-order chi connectivity index (χ1) is 11.7. The number of hydrogen-bond acceptors (Lipinski definition) is 5. The number of fused-ring (bicyclic) bond motifs is 1. The van der Waals surface area contributed by atoms with Gasteiger partial charge in [0.05, 0.1) is 7.11 Å². The van der Waals surface area contributed by atoms with Crippen LogP contribution in [0.15, 0.2) is 55.0 Å². The van der Waals surface area contributed by atoms with Crippen LogP contribution >= 0.6 is 0 Å².